The van der Waals surface area contributed by atoms with Gasteiger partial charge in [0.25, 0.3) is 0 Å². The van der Waals surface area contributed by atoms with Gasteiger partial charge < -0.3 is 4.57 Å². The van der Waals surface area contributed by atoms with Gasteiger partial charge in [-0.1, -0.05) is 13.8 Å². The molecule has 1 aliphatic carbocycles. The fourth-order valence-corrected chi connectivity index (χ4v) is 4.01. The Morgan fingerprint density at radius 3 is 2.66 bits per heavy atom. The van der Waals surface area contributed by atoms with Gasteiger partial charge in [-0.15, -0.1) is 0 Å². The normalized spacial score (nSPS) is 14.5. The fourth-order valence-electron chi connectivity index (χ4n) is 4.01. The summed E-state index contributed by atoms with van der Waals surface area (Å²) in [5.74, 6) is 1.46. The Bertz CT molecular complexity index is 1260. The average Bonchev–Trinajstić information content (AvgIpc) is 3.41. The Balaban J connectivity index is 1.65. The van der Waals surface area contributed by atoms with Crippen LogP contribution in [0.2, 0.25) is 0 Å². The van der Waals surface area contributed by atoms with Crippen LogP contribution in [-0.4, -0.2) is 28.7 Å². The maximum absolute atomic E-state index is 13.3. The summed E-state index contributed by atoms with van der Waals surface area (Å²) >= 11 is 0. The zero-order valence-electron chi connectivity index (χ0n) is 17.2. The highest BCUT2D eigenvalue weighted by Gasteiger charge is 2.29. The van der Waals surface area contributed by atoms with Crippen molar-refractivity contribution >= 4 is 22.2 Å². The van der Waals surface area contributed by atoms with Crippen LogP contribution in [0.3, 0.4) is 0 Å². The van der Waals surface area contributed by atoms with E-state index in [0.717, 1.165) is 59.5 Å². The predicted molar refractivity (Wildman–Crippen MR) is 113 cm³/mol. The minimum atomic E-state index is 0.0297. The summed E-state index contributed by atoms with van der Waals surface area (Å²) < 4.78 is 5.98. The molecule has 4 heterocycles. The van der Waals surface area contributed by atoms with Gasteiger partial charge in [0.15, 0.2) is 5.65 Å². The number of aryl methyl sites for hydroxylation is 2. The smallest absolute Gasteiger partial charge is 0.325 e. The lowest BCUT2D eigenvalue weighted by Gasteiger charge is -2.11. The summed E-state index contributed by atoms with van der Waals surface area (Å²) in [4.78, 5) is 27.0. The van der Waals surface area contributed by atoms with Gasteiger partial charge in [-0.05, 0) is 50.3 Å². The SMILES string of the molecule is Cc1ccc2c(n1)nc(Cn1c(=O)n(C3CC3)c3ccncc31)n2CCC(C)C. The van der Waals surface area contributed by atoms with Crippen LogP contribution in [0.4, 0.5) is 0 Å². The van der Waals surface area contributed by atoms with Crippen molar-refractivity contribution in [3.8, 4) is 0 Å². The lowest BCUT2D eigenvalue weighted by molar-refractivity contribution is 0.506. The summed E-state index contributed by atoms with van der Waals surface area (Å²) in [5.41, 5.74) is 4.60. The number of hydrogen-bond acceptors (Lipinski definition) is 4. The predicted octanol–water partition coefficient (Wildman–Crippen LogP) is 3.68. The third kappa shape index (κ3) is 3.14. The van der Waals surface area contributed by atoms with Crippen molar-refractivity contribution in [2.45, 2.75) is 59.2 Å². The first kappa shape index (κ1) is 18.1. The molecule has 0 atom stereocenters. The van der Waals surface area contributed by atoms with Crippen molar-refractivity contribution in [3.63, 3.8) is 0 Å². The lowest BCUT2D eigenvalue weighted by atomic mass is 10.1. The van der Waals surface area contributed by atoms with Crippen molar-refractivity contribution in [2.75, 3.05) is 0 Å². The van der Waals surface area contributed by atoms with Crippen molar-refractivity contribution in [3.05, 3.63) is 52.6 Å². The number of hydrogen-bond donors (Lipinski definition) is 0. The molecule has 7 nitrogen and oxygen atoms in total. The molecule has 0 unspecified atom stereocenters. The molecule has 4 aromatic heterocycles. The molecule has 4 aromatic rings. The van der Waals surface area contributed by atoms with E-state index in [0.29, 0.717) is 18.5 Å². The Kier molecular flexibility index (Phi) is 4.26. The van der Waals surface area contributed by atoms with Crippen LogP contribution in [0.1, 0.15) is 50.7 Å². The third-order valence-electron chi connectivity index (χ3n) is 5.74. The first-order chi connectivity index (χ1) is 14.0. The van der Waals surface area contributed by atoms with Crippen molar-refractivity contribution in [1.29, 1.82) is 0 Å². The van der Waals surface area contributed by atoms with Gasteiger partial charge in [0.05, 0.1) is 29.3 Å². The summed E-state index contributed by atoms with van der Waals surface area (Å²) in [6, 6.07) is 6.37. The number of pyridine rings is 2. The van der Waals surface area contributed by atoms with Gasteiger partial charge in [-0.25, -0.2) is 14.8 Å². The quantitative estimate of drug-likeness (QED) is 0.503. The van der Waals surface area contributed by atoms with Crippen LogP contribution in [0, 0.1) is 12.8 Å². The van der Waals surface area contributed by atoms with Crippen LogP contribution >= 0.6 is 0 Å². The number of aromatic nitrogens is 6. The monoisotopic (exact) mass is 390 g/mol. The van der Waals surface area contributed by atoms with E-state index in [1.807, 2.05) is 28.2 Å². The topological polar surface area (TPSA) is 70.5 Å². The molecule has 0 aliphatic heterocycles. The minimum Gasteiger partial charge on any atom is -0.325 e. The summed E-state index contributed by atoms with van der Waals surface area (Å²) in [6.07, 6.45) is 6.73. The molecular weight excluding hydrogens is 364 g/mol. The highest BCUT2D eigenvalue weighted by Crippen LogP contribution is 2.36. The van der Waals surface area contributed by atoms with Gasteiger partial charge in [-0.3, -0.25) is 14.1 Å². The largest absolute Gasteiger partial charge is 0.329 e. The molecule has 1 fully saturated rings. The van der Waals surface area contributed by atoms with E-state index in [1.54, 1.807) is 12.4 Å². The summed E-state index contributed by atoms with van der Waals surface area (Å²) in [6.45, 7) is 7.71. The van der Waals surface area contributed by atoms with E-state index in [4.69, 9.17) is 4.98 Å². The van der Waals surface area contributed by atoms with Crippen LogP contribution in [0.25, 0.3) is 22.2 Å². The number of rotatable bonds is 6. The molecule has 7 heteroatoms. The van der Waals surface area contributed by atoms with Crippen LogP contribution in [0.5, 0.6) is 0 Å². The van der Waals surface area contributed by atoms with Crippen molar-refractivity contribution < 1.29 is 0 Å². The second-order valence-electron chi connectivity index (χ2n) is 8.49. The molecule has 5 rings (SSSR count). The first-order valence-corrected chi connectivity index (χ1v) is 10.4. The van der Waals surface area contributed by atoms with E-state index in [9.17, 15) is 4.79 Å². The molecule has 29 heavy (non-hydrogen) atoms. The average molecular weight is 390 g/mol. The molecule has 0 spiro atoms. The summed E-state index contributed by atoms with van der Waals surface area (Å²) in [7, 11) is 0. The zero-order valence-corrected chi connectivity index (χ0v) is 17.2. The lowest BCUT2D eigenvalue weighted by Crippen LogP contribution is -2.25. The number of nitrogens with zero attached hydrogens (tertiary/aromatic N) is 6. The first-order valence-electron chi connectivity index (χ1n) is 10.4. The van der Waals surface area contributed by atoms with E-state index in [2.05, 4.69) is 34.4 Å². The van der Waals surface area contributed by atoms with Gasteiger partial charge in [0.2, 0.25) is 0 Å². The maximum Gasteiger partial charge on any atom is 0.329 e. The molecule has 0 saturated heterocycles. The van der Waals surface area contributed by atoms with Gasteiger partial charge in [0, 0.05) is 24.5 Å². The van der Waals surface area contributed by atoms with E-state index >= 15 is 0 Å². The zero-order chi connectivity index (χ0) is 20.1. The minimum absolute atomic E-state index is 0.0297. The molecular formula is C22H26N6O. The molecule has 1 aliphatic rings. The van der Waals surface area contributed by atoms with E-state index in [1.165, 1.54) is 0 Å². The molecule has 0 radical (unpaired) electrons. The molecule has 0 aromatic carbocycles. The highest BCUT2D eigenvalue weighted by molar-refractivity contribution is 5.75. The highest BCUT2D eigenvalue weighted by atomic mass is 16.1. The maximum atomic E-state index is 13.3. The molecule has 150 valence electrons. The third-order valence-corrected chi connectivity index (χ3v) is 5.74. The summed E-state index contributed by atoms with van der Waals surface area (Å²) in [5, 5.41) is 0. The molecule has 0 N–H and O–H groups in total. The number of imidazole rings is 2. The molecule has 1 saturated carbocycles. The Morgan fingerprint density at radius 2 is 1.90 bits per heavy atom. The van der Waals surface area contributed by atoms with E-state index in [-0.39, 0.29) is 5.69 Å². The Morgan fingerprint density at radius 1 is 1.07 bits per heavy atom. The van der Waals surface area contributed by atoms with Crippen molar-refractivity contribution in [2.24, 2.45) is 5.92 Å². The fraction of sp³-hybridized carbons (Fsp3) is 0.455. The molecule has 0 bridgehead atoms. The van der Waals surface area contributed by atoms with E-state index < -0.39 is 0 Å². The second-order valence-corrected chi connectivity index (χ2v) is 8.49. The Hall–Kier alpha value is -2.96. The van der Waals surface area contributed by atoms with Crippen LogP contribution in [-0.2, 0) is 13.1 Å². The Labute approximate surface area is 169 Å². The van der Waals surface area contributed by atoms with Gasteiger partial charge >= 0.3 is 5.69 Å². The van der Waals surface area contributed by atoms with Gasteiger partial charge in [0.1, 0.15) is 5.82 Å². The standard InChI is InChI=1S/C22H26N6O/c1-14(2)9-11-26-18-7-4-15(3)24-21(18)25-20(26)13-27-19-12-23-10-8-17(19)28(22(27)29)16-5-6-16/h4,7-8,10,12,14,16H,5-6,9,11,13H2,1-3H3. The number of fused-ring (bicyclic) bond motifs is 2. The van der Waals surface area contributed by atoms with Crippen molar-refractivity contribution in [1.82, 2.24) is 28.7 Å². The van der Waals surface area contributed by atoms with Gasteiger partial charge in [-0.2, -0.15) is 0 Å². The molecule has 0 amide bonds. The second kappa shape index (κ2) is 6.83. The van der Waals surface area contributed by atoms with Crippen LogP contribution in [0.15, 0.2) is 35.4 Å². The van der Waals surface area contributed by atoms with Crippen LogP contribution < -0.4 is 5.69 Å².